The summed E-state index contributed by atoms with van der Waals surface area (Å²) in [6.07, 6.45) is 2.36. The van der Waals surface area contributed by atoms with Crippen LogP contribution in [-0.2, 0) is 17.8 Å². The van der Waals surface area contributed by atoms with Crippen LogP contribution in [0.3, 0.4) is 0 Å². The summed E-state index contributed by atoms with van der Waals surface area (Å²) < 4.78 is 3.25. The van der Waals surface area contributed by atoms with Crippen LogP contribution in [0.1, 0.15) is 24.4 Å². The number of benzene rings is 2. The number of carbonyl (C=O) groups is 1. The minimum absolute atomic E-state index is 0.0563. The van der Waals surface area contributed by atoms with E-state index in [1.54, 1.807) is 4.57 Å². The Hall–Kier alpha value is -3.15. The average Bonchev–Trinajstić information content (AvgIpc) is 3.47. The summed E-state index contributed by atoms with van der Waals surface area (Å²) in [4.78, 5) is 24.8. The lowest BCUT2D eigenvalue weighted by atomic mass is 10.1. The van der Waals surface area contributed by atoms with Crippen molar-refractivity contribution in [2.45, 2.75) is 31.8 Å². The topological polar surface area (TPSA) is 68.9 Å². The molecule has 0 spiro atoms. The molecule has 1 N–H and O–H groups in total. The van der Waals surface area contributed by atoms with Crippen molar-refractivity contribution >= 4 is 5.91 Å². The highest BCUT2D eigenvalue weighted by Gasteiger charge is 2.30. The maximum atomic E-state index is 12.8. The molecular weight excluding hydrogens is 340 g/mol. The SMILES string of the molecule is O=C(Cc1ccccc1)NCCn1nc(-c2ccccc2)n(C2CC2)c1=O. The van der Waals surface area contributed by atoms with Gasteiger partial charge in [0.15, 0.2) is 5.82 Å². The van der Waals surface area contributed by atoms with Crippen LogP contribution >= 0.6 is 0 Å². The lowest BCUT2D eigenvalue weighted by Crippen LogP contribution is -2.32. The Morgan fingerprint density at radius 3 is 2.37 bits per heavy atom. The fourth-order valence-electron chi connectivity index (χ4n) is 3.16. The molecule has 0 atom stereocenters. The molecule has 1 heterocycles. The molecule has 2 aromatic carbocycles. The van der Waals surface area contributed by atoms with Gasteiger partial charge in [0.05, 0.1) is 13.0 Å². The Morgan fingerprint density at radius 2 is 1.70 bits per heavy atom. The Bertz CT molecular complexity index is 972. The second-order valence-electron chi connectivity index (χ2n) is 6.81. The van der Waals surface area contributed by atoms with Gasteiger partial charge in [0.25, 0.3) is 0 Å². The fraction of sp³-hybridized carbons (Fsp3) is 0.286. The molecule has 1 fully saturated rings. The molecule has 3 aromatic rings. The summed E-state index contributed by atoms with van der Waals surface area (Å²) >= 11 is 0. The molecule has 0 radical (unpaired) electrons. The maximum Gasteiger partial charge on any atom is 0.346 e. The van der Waals surface area contributed by atoms with Gasteiger partial charge in [-0.15, -0.1) is 5.10 Å². The Balaban J connectivity index is 1.43. The molecular formula is C21H22N4O2. The summed E-state index contributed by atoms with van der Waals surface area (Å²) in [5.74, 6) is 0.651. The van der Waals surface area contributed by atoms with Crippen LogP contribution in [0.25, 0.3) is 11.4 Å². The zero-order valence-corrected chi connectivity index (χ0v) is 15.0. The first-order valence-corrected chi connectivity index (χ1v) is 9.28. The molecule has 1 aliphatic carbocycles. The molecule has 27 heavy (non-hydrogen) atoms. The number of rotatable bonds is 7. The van der Waals surface area contributed by atoms with Crippen molar-refractivity contribution in [1.82, 2.24) is 19.7 Å². The first kappa shape index (κ1) is 17.3. The van der Waals surface area contributed by atoms with Crippen molar-refractivity contribution in [2.24, 2.45) is 0 Å². The summed E-state index contributed by atoms with van der Waals surface area (Å²) in [7, 11) is 0. The third-order valence-electron chi connectivity index (χ3n) is 4.67. The lowest BCUT2D eigenvalue weighted by molar-refractivity contribution is -0.120. The van der Waals surface area contributed by atoms with Gasteiger partial charge in [-0.3, -0.25) is 9.36 Å². The zero-order valence-electron chi connectivity index (χ0n) is 15.0. The second kappa shape index (κ2) is 7.61. The molecule has 0 bridgehead atoms. The third kappa shape index (κ3) is 4.00. The molecule has 1 saturated carbocycles. The molecule has 1 amide bonds. The van der Waals surface area contributed by atoms with Gasteiger partial charge in [0.2, 0.25) is 5.91 Å². The van der Waals surface area contributed by atoms with Gasteiger partial charge in [0, 0.05) is 18.2 Å². The number of nitrogens with one attached hydrogen (secondary N) is 1. The van der Waals surface area contributed by atoms with E-state index in [9.17, 15) is 9.59 Å². The molecule has 0 saturated heterocycles. The van der Waals surface area contributed by atoms with E-state index in [0.29, 0.717) is 25.3 Å². The van der Waals surface area contributed by atoms with E-state index < -0.39 is 0 Å². The molecule has 0 aliphatic heterocycles. The highest BCUT2D eigenvalue weighted by Crippen LogP contribution is 2.36. The molecule has 1 aromatic heterocycles. The van der Waals surface area contributed by atoms with Crippen LogP contribution in [0.4, 0.5) is 0 Å². The Morgan fingerprint density at radius 1 is 1.04 bits per heavy atom. The van der Waals surface area contributed by atoms with Crippen molar-refractivity contribution < 1.29 is 4.79 Å². The van der Waals surface area contributed by atoms with Gasteiger partial charge in [0.1, 0.15) is 0 Å². The monoisotopic (exact) mass is 362 g/mol. The van der Waals surface area contributed by atoms with E-state index >= 15 is 0 Å². The average molecular weight is 362 g/mol. The summed E-state index contributed by atoms with van der Waals surface area (Å²) in [6, 6.07) is 19.6. The van der Waals surface area contributed by atoms with Crippen molar-refractivity contribution in [1.29, 1.82) is 0 Å². The third-order valence-corrected chi connectivity index (χ3v) is 4.67. The minimum atomic E-state index is -0.103. The minimum Gasteiger partial charge on any atom is -0.354 e. The van der Waals surface area contributed by atoms with E-state index in [1.165, 1.54) is 4.68 Å². The van der Waals surface area contributed by atoms with Gasteiger partial charge in [-0.2, -0.15) is 0 Å². The van der Waals surface area contributed by atoms with E-state index in [2.05, 4.69) is 10.4 Å². The molecule has 138 valence electrons. The molecule has 1 aliphatic rings. The normalized spacial score (nSPS) is 13.5. The largest absolute Gasteiger partial charge is 0.354 e. The zero-order chi connectivity index (χ0) is 18.6. The summed E-state index contributed by atoms with van der Waals surface area (Å²) in [5.41, 5.74) is 1.80. The lowest BCUT2D eigenvalue weighted by Gasteiger charge is -2.05. The van der Waals surface area contributed by atoms with Gasteiger partial charge in [-0.1, -0.05) is 60.7 Å². The van der Waals surface area contributed by atoms with Crippen LogP contribution in [-0.4, -0.2) is 26.8 Å². The second-order valence-corrected chi connectivity index (χ2v) is 6.81. The van der Waals surface area contributed by atoms with Crippen molar-refractivity contribution in [3.63, 3.8) is 0 Å². The highest BCUT2D eigenvalue weighted by atomic mass is 16.2. The number of amides is 1. The first-order chi connectivity index (χ1) is 13.2. The van der Waals surface area contributed by atoms with Crippen LogP contribution in [0.5, 0.6) is 0 Å². The number of carbonyl (C=O) groups excluding carboxylic acids is 1. The molecule has 6 heteroatoms. The van der Waals surface area contributed by atoms with E-state index in [0.717, 1.165) is 24.0 Å². The smallest absolute Gasteiger partial charge is 0.346 e. The molecule has 4 rings (SSSR count). The van der Waals surface area contributed by atoms with E-state index in [1.807, 2.05) is 60.7 Å². The summed E-state index contributed by atoms with van der Waals surface area (Å²) in [6.45, 7) is 0.737. The predicted octanol–water partition coefficient (Wildman–Crippen LogP) is 2.41. The van der Waals surface area contributed by atoms with Crippen LogP contribution < -0.4 is 11.0 Å². The van der Waals surface area contributed by atoms with Gasteiger partial charge >= 0.3 is 5.69 Å². The van der Waals surface area contributed by atoms with Crippen LogP contribution in [0, 0.1) is 0 Å². The number of hydrogen-bond donors (Lipinski definition) is 1. The van der Waals surface area contributed by atoms with Crippen LogP contribution in [0.2, 0.25) is 0 Å². The van der Waals surface area contributed by atoms with E-state index in [4.69, 9.17) is 0 Å². The summed E-state index contributed by atoms with van der Waals surface area (Å²) in [5, 5.41) is 7.41. The maximum absolute atomic E-state index is 12.8. The first-order valence-electron chi connectivity index (χ1n) is 9.28. The standard InChI is InChI=1S/C21H22N4O2/c26-19(15-16-7-3-1-4-8-16)22-13-14-24-21(27)25(18-11-12-18)20(23-24)17-9-5-2-6-10-17/h1-10,18H,11-15H2,(H,22,26). The fourth-order valence-corrected chi connectivity index (χ4v) is 3.16. The number of nitrogens with zero attached hydrogens (tertiary/aromatic N) is 3. The molecule has 0 unspecified atom stereocenters. The van der Waals surface area contributed by atoms with Gasteiger partial charge < -0.3 is 5.32 Å². The quantitative estimate of drug-likeness (QED) is 0.702. The van der Waals surface area contributed by atoms with Gasteiger partial charge in [-0.05, 0) is 18.4 Å². The van der Waals surface area contributed by atoms with Crippen molar-refractivity contribution in [3.05, 3.63) is 76.7 Å². The molecule has 6 nitrogen and oxygen atoms in total. The van der Waals surface area contributed by atoms with E-state index in [-0.39, 0.29) is 17.6 Å². The Kier molecular flexibility index (Phi) is 4.87. The van der Waals surface area contributed by atoms with Gasteiger partial charge in [-0.25, -0.2) is 9.48 Å². The Labute approximate surface area is 157 Å². The van der Waals surface area contributed by atoms with Crippen molar-refractivity contribution in [2.75, 3.05) is 6.54 Å². The highest BCUT2D eigenvalue weighted by molar-refractivity contribution is 5.78. The predicted molar refractivity (Wildman–Crippen MR) is 103 cm³/mol. The number of hydrogen-bond acceptors (Lipinski definition) is 3. The van der Waals surface area contributed by atoms with Crippen LogP contribution in [0.15, 0.2) is 65.5 Å². The number of aromatic nitrogens is 3. The van der Waals surface area contributed by atoms with Crippen molar-refractivity contribution in [3.8, 4) is 11.4 Å².